The molecule has 0 atom stereocenters. The Morgan fingerprint density at radius 3 is 2.40 bits per heavy atom. The van der Waals surface area contributed by atoms with Crippen molar-refractivity contribution < 1.29 is 4.39 Å². The molecule has 0 saturated heterocycles. The van der Waals surface area contributed by atoms with Crippen molar-refractivity contribution in [1.82, 2.24) is 9.97 Å². The van der Waals surface area contributed by atoms with Gasteiger partial charge in [0.15, 0.2) is 0 Å². The minimum absolute atomic E-state index is 0.259. The van der Waals surface area contributed by atoms with Gasteiger partial charge in [-0.25, -0.2) is 14.4 Å². The second kappa shape index (κ2) is 8.24. The molecule has 1 aromatic heterocycles. The summed E-state index contributed by atoms with van der Waals surface area (Å²) in [5, 5.41) is 6.51. The predicted molar refractivity (Wildman–Crippen MR) is 99.7 cm³/mol. The number of halogens is 1. The summed E-state index contributed by atoms with van der Waals surface area (Å²) in [7, 11) is 0. The van der Waals surface area contributed by atoms with Gasteiger partial charge in [-0.1, -0.05) is 30.3 Å². The van der Waals surface area contributed by atoms with Crippen LogP contribution in [-0.2, 0) is 6.42 Å². The van der Waals surface area contributed by atoms with Gasteiger partial charge < -0.3 is 10.6 Å². The van der Waals surface area contributed by atoms with E-state index in [0.717, 1.165) is 30.9 Å². The zero-order valence-electron chi connectivity index (χ0n) is 14.2. The fourth-order valence-corrected chi connectivity index (χ4v) is 2.56. The topological polar surface area (TPSA) is 49.8 Å². The van der Waals surface area contributed by atoms with E-state index in [2.05, 4.69) is 44.9 Å². The quantitative estimate of drug-likeness (QED) is 0.613. The molecule has 0 bridgehead atoms. The van der Waals surface area contributed by atoms with Crippen LogP contribution in [0.5, 0.6) is 0 Å². The lowest BCUT2D eigenvalue weighted by Crippen LogP contribution is -2.07. The first-order chi connectivity index (χ1) is 12.2. The molecule has 5 heteroatoms. The Labute approximate surface area is 147 Å². The van der Waals surface area contributed by atoms with Gasteiger partial charge in [-0.2, -0.15) is 0 Å². The van der Waals surface area contributed by atoms with E-state index >= 15 is 0 Å². The normalized spacial score (nSPS) is 10.5. The van der Waals surface area contributed by atoms with Crippen LogP contribution in [-0.4, -0.2) is 16.5 Å². The van der Waals surface area contributed by atoms with Gasteiger partial charge in [0.25, 0.3) is 0 Å². The van der Waals surface area contributed by atoms with E-state index in [-0.39, 0.29) is 5.82 Å². The van der Waals surface area contributed by atoms with E-state index in [1.54, 1.807) is 12.1 Å². The van der Waals surface area contributed by atoms with Crippen LogP contribution in [0.25, 0.3) is 0 Å². The SMILES string of the molecule is Cc1nc(NCCCc2ccccc2)cc(Nc2ccc(F)cc2)n1. The van der Waals surface area contributed by atoms with Gasteiger partial charge in [-0.3, -0.25) is 0 Å². The van der Waals surface area contributed by atoms with Crippen LogP contribution in [0, 0.1) is 12.7 Å². The first kappa shape index (κ1) is 16.9. The highest BCUT2D eigenvalue weighted by Gasteiger charge is 2.03. The van der Waals surface area contributed by atoms with Gasteiger partial charge in [-0.05, 0) is 49.6 Å². The molecule has 0 fully saturated rings. The van der Waals surface area contributed by atoms with Crippen LogP contribution in [0.4, 0.5) is 21.7 Å². The van der Waals surface area contributed by atoms with E-state index in [0.29, 0.717) is 11.6 Å². The number of nitrogens with zero attached hydrogens (tertiary/aromatic N) is 2. The second-order valence-electron chi connectivity index (χ2n) is 5.83. The maximum absolute atomic E-state index is 13.0. The number of aryl methyl sites for hydroxylation is 2. The number of hydrogen-bond donors (Lipinski definition) is 2. The molecule has 0 aliphatic heterocycles. The van der Waals surface area contributed by atoms with Gasteiger partial charge in [-0.15, -0.1) is 0 Å². The van der Waals surface area contributed by atoms with Crippen molar-refractivity contribution in [2.24, 2.45) is 0 Å². The summed E-state index contributed by atoms with van der Waals surface area (Å²) in [6, 6.07) is 18.5. The third kappa shape index (κ3) is 5.28. The van der Waals surface area contributed by atoms with Crippen molar-refractivity contribution in [3.05, 3.63) is 77.9 Å². The second-order valence-corrected chi connectivity index (χ2v) is 5.83. The molecule has 0 unspecified atom stereocenters. The molecule has 2 aromatic carbocycles. The molecule has 1 heterocycles. The van der Waals surface area contributed by atoms with Crippen molar-refractivity contribution in [3.8, 4) is 0 Å². The number of aromatic nitrogens is 2. The van der Waals surface area contributed by atoms with Gasteiger partial charge in [0.05, 0.1) is 0 Å². The van der Waals surface area contributed by atoms with Gasteiger partial charge in [0.2, 0.25) is 0 Å². The predicted octanol–water partition coefficient (Wildman–Crippen LogP) is 4.71. The number of hydrogen-bond acceptors (Lipinski definition) is 4. The fourth-order valence-electron chi connectivity index (χ4n) is 2.56. The summed E-state index contributed by atoms with van der Waals surface area (Å²) in [6.45, 7) is 2.69. The lowest BCUT2D eigenvalue weighted by Gasteiger charge is -2.10. The molecule has 25 heavy (non-hydrogen) atoms. The van der Waals surface area contributed by atoms with Crippen LogP contribution >= 0.6 is 0 Å². The van der Waals surface area contributed by atoms with Crippen LogP contribution in [0.15, 0.2) is 60.7 Å². The Hall–Kier alpha value is -2.95. The minimum Gasteiger partial charge on any atom is -0.370 e. The summed E-state index contributed by atoms with van der Waals surface area (Å²) < 4.78 is 13.0. The van der Waals surface area contributed by atoms with Gasteiger partial charge >= 0.3 is 0 Å². The van der Waals surface area contributed by atoms with Gasteiger partial charge in [0, 0.05) is 18.3 Å². The molecule has 4 nitrogen and oxygen atoms in total. The lowest BCUT2D eigenvalue weighted by atomic mass is 10.1. The van der Waals surface area contributed by atoms with Crippen LogP contribution in [0.2, 0.25) is 0 Å². The summed E-state index contributed by atoms with van der Waals surface area (Å²) in [5.74, 6) is 1.89. The summed E-state index contributed by atoms with van der Waals surface area (Å²) >= 11 is 0. The lowest BCUT2D eigenvalue weighted by molar-refractivity contribution is 0.628. The molecule has 0 aliphatic carbocycles. The van der Waals surface area contributed by atoms with Crippen LogP contribution < -0.4 is 10.6 Å². The molecular weight excluding hydrogens is 315 g/mol. The van der Waals surface area contributed by atoms with Crippen molar-refractivity contribution in [2.45, 2.75) is 19.8 Å². The maximum Gasteiger partial charge on any atom is 0.136 e. The Morgan fingerprint density at radius 1 is 0.920 bits per heavy atom. The van der Waals surface area contributed by atoms with E-state index < -0.39 is 0 Å². The summed E-state index contributed by atoms with van der Waals surface area (Å²) in [6.07, 6.45) is 2.05. The number of rotatable bonds is 7. The van der Waals surface area contributed by atoms with E-state index in [9.17, 15) is 4.39 Å². The first-order valence-electron chi connectivity index (χ1n) is 8.35. The molecule has 3 aromatic rings. The minimum atomic E-state index is -0.259. The van der Waals surface area contributed by atoms with E-state index in [4.69, 9.17) is 0 Å². The maximum atomic E-state index is 13.0. The molecule has 2 N–H and O–H groups in total. The number of anilines is 3. The third-order valence-electron chi connectivity index (χ3n) is 3.75. The van der Waals surface area contributed by atoms with Crippen molar-refractivity contribution in [2.75, 3.05) is 17.2 Å². The standard InChI is InChI=1S/C20H21FN4/c1-15-23-19(22-13-5-8-16-6-3-2-4-7-16)14-20(24-15)25-18-11-9-17(21)10-12-18/h2-4,6-7,9-12,14H,5,8,13H2,1H3,(H2,22,23,24,25). The average Bonchev–Trinajstić information content (AvgIpc) is 2.61. The Morgan fingerprint density at radius 2 is 1.64 bits per heavy atom. The highest BCUT2D eigenvalue weighted by molar-refractivity contribution is 5.59. The zero-order chi connectivity index (χ0) is 17.5. The highest BCUT2D eigenvalue weighted by atomic mass is 19.1. The first-order valence-corrected chi connectivity index (χ1v) is 8.35. The number of benzene rings is 2. The largest absolute Gasteiger partial charge is 0.370 e. The zero-order valence-corrected chi connectivity index (χ0v) is 14.2. The fraction of sp³-hybridized carbons (Fsp3) is 0.200. The van der Waals surface area contributed by atoms with Crippen LogP contribution in [0.1, 0.15) is 17.8 Å². The Balaban J connectivity index is 1.56. The van der Waals surface area contributed by atoms with E-state index in [1.165, 1.54) is 17.7 Å². The summed E-state index contributed by atoms with van der Waals surface area (Å²) in [5.41, 5.74) is 2.12. The van der Waals surface area contributed by atoms with Crippen molar-refractivity contribution in [3.63, 3.8) is 0 Å². The van der Waals surface area contributed by atoms with Crippen molar-refractivity contribution in [1.29, 1.82) is 0 Å². The smallest absolute Gasteiger partial charge is 0.136 e. The Bertz CT molecular complexity index is 804. The average molecular weight is 336 g/mol. The third-order valence-corrected chi connectivity index (χ3v) is 3.75. The molecule has 128 valence electrons. The molecule has 0 amide bonds. The molecule has 0 aliphatic rings. The van der Waals surface area contributed by atoms with Crippen molar-refractivity contribution >= 4 is 17.3 Å². The molecular formula is C20H21FN4. The number of nitrogens with one attached hydrogen (secondary N) is 2. The highest BCUT2D eigenvalue weighted by Crippen LogP contribution is 2.18. The van der Waals surface area contributed by atoms with E-state index in [1.807, 2.05) is 19.1 Å². The van der Waals surface area contributed by atoms with Gasteiger partial charge in [0.1, 0.15) is 23.3 Å². The monoisotopic (exact) mass is 336 g/mol. The van der Waals surface area contributed by atoms with Crippen LogP contribution in [0.3, 0.4) is 0 Å². The molecule has 0 saturated carbocycles. The molecule has 0 radical (unpaired) electrons. The summed E-state index contributed by atoms with van der Waals surface area (Å²) in [4.78, 5) is 8.78. The molecule has 3 rings (SSSR count). The molecule has 0 spiro atoms. The Kier molecular flexibility index (Phi) is 5.57.